The predicted molar refractivity (Wildman–Crippen MR) is 131 cm³/mol. The molecule has 1 amide bonds. The lowest BCUT2D eigenvalue weighted by Crippen LogP contribution is -2.35. The summed E-state index contributed by atoms with van der Waals surface area (Å²) < 4.78 is 33.0. The van der Waals surface area contributed by atoms with Crippen LogP contribution in [0, 0.1) is 0 Å². The van der Waals surface area contributed by atoms with E-state index in [-0.39, 0.29) is 29.4 Å². The highest BCUT2D eigenvalue weighted by Gasteiger charge is 2.19. The molecule has 1 aliphatic heterocycles. The smallest absolute Gasteiger partial charge is 0.338 e. The fourth-order valence-corrected chi connectivity index (χ4v) is 4.79. The van der Waals surface area contributed by atoms with Gasteiger partial charge in [0.15, 0.2) is 6.61 Å². The second-order valence-electron chi connectivity index (χ2n) is 9.67. The van der Waals surface area contributed by atoms with Gasteiger partial charge in [0.1, 0.15) is 0 Å². The molecule has 0 radical (unpaired) electrons. The van der Waals surface area contributed by atoms with Crippen molar-refractivity contribution in [3.8, 4) is 0 Å². The van der Waals surface area contributed by atoms with E-state index in [4.69, 9.17) is 4.74 Å². The molecule has 0 atom stereocenters. The fourth-order valence-electron chi connectivity index (χ4n) is 3.78. The second kappa shape index (κ2) is 11.1. The maximum Gasteiger partial charge on any atom is 0.338 e. The average Bonchev–Trinajstić information content (AvgIpc) is 3.11. The Kier molecular flexibility index (Phi) is 8.49. The molecule has 7 nitrogen and oxygen atoms in total. The lowest BCUT2D eigenvalue weighted by molar-refractivity contribution is -0.134. The minimum atomic E-state index is -3.66. The number of benzene rings is 2. The number of esters is 1. The number of amides is 1. The van der Waals surface area contributed by atoms with E-state index in [1.165, 1.54) is 0 Å². The van der Waals surface area contributed by atoms with E-state index in [0.717, 1.165) is 31.2 Å². The number of rotatable bonds is 7. The molecule has 184 valence electrons. The summed E-state index contributed by atoms with van der Waals surface area (Å²) in [5.74, 6) is -0.744. The molecule has 1 aliphatic rings. The number of carbonyl (C=O) groups is 2. The minimum absolute atomic E-state index is 0.0567. The van der Waals surface area contributed by atoms with Crippen LogP contribution >= 0.6 is 0 Å². The van der Waals surface area contributed by atoms with Crippen molar-refractivity contribution in [1.82, 2.24) is 9.62 Å². The van der Waals surface area contributed by atoms with Gasteiger partial charge < -0.3 is 9.64 Å². The Balaban J connectivity index is 1.51. The molecular weight excluding hydrogens is 452 g/mol. The maximum absolute atomic E-state index is 12.6. The molecule has 0 spiro atoms. The number of hydrogen-bond donors (Lipinski definition) is 1. The monoisotopic (exact) mass is 486 g/mol. The number of carbonyl (C=O) groups excluding carboxylic acids is 2. The van der Waals surface area contributed by atoms with Gasteiger partial charge in [0, 0.05) is 19.6 Å². The van der Waals surface area contributed by atoms with Crippen LogP contribution in [0.2, 0.25) is 0 Å². The molecule has 3 rings (SSSR count). The zero-order valence-corrected chi connectivity index (χ0v) is 21.0. The van der Waals surface area contributed by atoms with E-state index >= 15 is 0 Å². The zero-order chi connectivity index (χ0) is 24.8. The summed E-state index contributed by atoms with van der Waals surface area (Å²) in [5, 5.41) is 0. The number of hydrogen-bond acceptors (Lipinski definition) is 5. The van der Waals surface area contributed by atoms with Gasteiger partial charge in [-0.3, -0.25) is 4.79 Å². The highest BCUT2D eigenvalue weighted by atomic mass is 32.2. The summed E-state index contributed by atoms with van der Waals surface area (Å²) in [5.41, 5.74) is 2.01. The van der Waals surface area contributed by atoms with Crippen LogP contribution in [0.4, 0.5) is 0 Å². The molecule has 34 heavy (non-hydrogen) atoms. The standard InChI is InChI=1S/C26H34N2O5S/c1-26(2,3)22-12-14-23(15-13-22)34(31,32)27-18-20-8-10-21(11-9-20)25(30)33-19-24(29)28-16-6-4-5-7-17-28/h8-15,27H,4-7,16-19H2,1-3H3. The van der Waals surface area contributed by atoms with Crippen molar-refractivity contribution in [1.29, 1.82) is 0 Å². The lowest BCUT2D eigenvalue weighted by Gasteiger charge is -2.19. The molecule has 0 aliphatic carbocycles. The fraction of sp³-hybridized carbons (Fsp3) is 0.462. The van der Waals surface area contributed by atoms with Crippen molar-refractivity contribution < 1.29 is 22.7 Å². The third-order valence-electron chi connectivity index (χ3n) is 5.97. The van der Waals surface area contributed by atoms with Crippen molar-refractivity contribution >= 4 is 21.9 Å². The second-order valence-corrected chi connectivity index (χ2v) is 11.4. The van der Waals surface area contributed by atoms with Crippen LogP contribution in [0.1, 0.15) is 67.9 Å². The van der Waals surface area contributed by atoms with Crippen molar-refractivity contribution in [3.05, 3.63) is 65.2 Å². The van der Waals surface area contributed by atoms with Crippen LogP contribution in [0.15, 0.2) is 53.4 Å². The van der Waals surface area contributed by atoms with Gasteiger partial charge in [0.05, 0.1) is 10.5 Å². The summed E-state index contributed by atoms with van der Waals surface area (Å²) >= 11 is 0. The van der Waals surface area contributed by atoms with Crippen LogP contribution in [-0.4, -0.2) is 44.9 Å². The van der Waals surface area contributed by atoms with Crippen LogP contribution < -0.4 is 4.72 Å². The third-order valence-corrected chi connectivity index (χ3v) is 7.39. The van der Waals surface area contributed by atoms with E-state index in [2.05, 4.69) is 25.5 Å². The van der Waals surface area contributed by atoms with E-state index in [9.17, 15) is 18.0 Å². The quantitative estimate of drug-likeness (QED) is 0.597. The SMILES string of the molecule is CC(C)(C)c1ccc(S(=O)(=O)NCc2ccc(C(=O)OCC(=O)N3CCCCCC3)cc2)cc1. The van der Waals surface area contributed by atoms with Crippen molar-refractivity contribution in [2.24, 2.45) is 0 Å². The van der Waals surface area contributed by atoms with Crippen molar-refractivity contribution in [3.63, 3.8) is 0 Å². The number of nitrogens with zero attached hydrogens (tertiary/aromatic N) is 1. The van der Waals surface area contributed by atoms with E-state index in [0.29, 0.717) is 24.2 Å². The normalized spacial score (nSPS) is 15.0. The molecule has 0 aromatic heterocycles. The Morgan fingerprint density at radius 2 is 1.50 bits per heavy atom. The van der Waals surface area contributed by atoms with Crippen molar-refractivity contribution in [2.75, 3.05) is 19.7 Å². The highest BCUT2D eigenvalue weighted by Crippen LogP contribution is 2.23. The topological polar surface area (TPSA) is 92.8 Å². The largest absolute Gasteiger partial charge is 0.452 e. The molecule has 0 saturated carbocycles. The Morgan fingerprint density at radius 1 is 0.912 bits per heavy atom. The number of ether oxygens (including phenoxy) is 1. The zero-order valence-electron chi connectivity index (χ0n) is 20.2. The van der Waals surface area contributed by atoms with E-state index < -0.39 is 16.0 Å². The van der Waals surface area contributed by atoms with Gasteiger partial charge in [-0.15, -0.1) is 0 Å². The molecular formula is C26H34N2O5S. The molecule has 1 N–H and O–H groups in total. The summed E-state index contributed by atoms with van der Waals surface area (Å²) in [6, 6.07) is 13.3. The first kappa shape index (κ1) is 25.9. The molecule has 1 heterocycles. The van der Waals surface area contributed by atoms with E-state index in [1.807, 2.05) is 12.1 Å². The average molecular weight is 487 g/mol. The molecule has 1 saturated heterocycles. The number of likely N-dealkylation sites (tertiary alicyclic amines) is 1. The van der Waals surface area contributed by atoms with E-state index in [1.54, 1.807) is 41.3 Å². The van der Waals surface area contributed by atoms with Crippen LogP contribution in [0.5, 0.6) is 0 Å². The Labute approximate surface area is 202 Å². The Morgan fingerprint density at radius 3 is 2.06 bits per heavy atom. The first-order valence-corrected chi connectivity index (χ1v) is 13.2. The van der Waals surface area contributed by atoms with Crippen molar-refractivity contribution in [2.45, 2.75) is 63.3 Å². The lowest BCUT2D eigenvalue weighted by atomic mass is 9.87. The molecule has 2 aromatic rings. The molecule has 8 heteroatoms. The molecule has 1 fully saturated rings. The molecule has 2 aromatic carbocycles. The first-order chi connectivity index (χ1) is 16.1. The summed E-state index contributed by atoms with van der Waals surface area (Å²) in [7, 11) is -3.66. The summed E-state index contributed by atoms with van der Waals surface area (Å²) in [6.07, 6.45) is 4.20. The third kappa shape index (κ3) is 7.14. The van der Waals surface area contributed by atoms with Gasteiger partial charge in [-0.2, -0.15) is 0 Å². The van der Waals surface area contributed by atoms with Crippen LogP contribution in [0.25, 0.3) is 0 Å². The summed E-state index contributed by atoms with van der Waals surface area (Å²) in [6.45, 7) is 7.45. The summed E-state index contributed by atoms with van der Waals surface area (Å²) in [4.78, 5) is 26.6. The Hall–Kier alpha value is -2.71. The van der Waals surface area contributed by atoms with Gasteiger partial charge in [-0.25, -0.2) is 17.9 Å². The first-order valence-electron chi connectivity index (χ1n) is 11.7. The minimum Gasteiger partial charge on any atom is -0.452 e. The predicted octanol–water partition coefficient (Wildman–Crippen LogP) is 4.02. The van der Waals surface area contributed by atoms with Gasteiger partial charge in [-0.1, -0.05) is 57.9 Å². The number of sulfonamides is 1. The van der Waals surface area contributed by atoms with Gasteiger partial charge in [0.2, 0.25) is 10.0 Å². The molecule has 0 bridgehead atoms. The maximum atomic E-state index is 12.6. The van der Waals surface area contributed by atoms with Crippen LogP contribution in [-0.2, 0) is 31.5 Å². The molecule has 0 unspecified atom stereocenters. The Bertz CT molecular complexity index is 1080. The van der Waals surface area contributed by atoms with Crippen LogP contribution in [0.3, 0.4) is 0 Å². The number of nitrogens with one attached hydrogen (secondary N) is 1. The van der Waals surface area contributed by atoms with Gasteiger partial charge >= 0.3 is 5.97 Å². The highest BCUT2D eigenvalue weighted by molar-refractivity contribution is 7.89. The van der Waals surface area contributed by atoms with Gasteiger partial charge in [-0.05, 0) is 53.6 Å². The van der Waals surface area contributed by atoms with Gasteiger partial charge in [0.25, 0.3) is 5.91 Å².